The Kier molecular flexibility index (Phi) is 2.67. The fourth-order valence-corrected chi connectivity index (χ4v) is 1.47. The molecule has 0 N–H and O–H groups in total. The van der Waals surface area contributed by atoms with Crippen LogP contribution in [0.2, 0.25) is 5.15 Å². The number of alkyl halides is 3. The van der Waals surface area contributed by atoms with Gasteiger partial charge in [0.05, 0.1) is 11.8 Å². The minimum Gasteiger partial charge on any atom is -0.236 e. The van der Waals surface area contributed by atoms with Gasteiger partial charge >= 0.3 is 6.18 Å². The number of aromatic nitrogens is 3. The van der Waals surface area contributed by atoms with Crippen molar-refractivity contribution in [2.45, 2.75) is 12.6 Å². The molecular formula is C9H5ClF3N3. The van der Waals surface area contributed by atoms with Gasteiger partial charge < -0.3 is 0 Å². The smallest absolute Gasteiger partial charge is 0.236 e. The van der Waals surface area contributed by atoms with E-state index in [9.17, 15) is 13.2 Å². The molecule has 0 saturated carbocycles. The molecule has 2 aromatic heterocycles. The van der Waals surface area contributed by atoms with Gasteiger partial charge in [0.2, 0.25) is 0 Å². The van der Waals surface area contributed by atoms with E-state index in [1.54, 1.807) is 0 Å². The van der Waals surface area contributed by atoms with Crippen molar-refractivity contribution in [3.63, 3.8) is 0 Å². The lowest BCUT2D eigenvalue weighted by atomic mass is 10.2. The molecule has 0 aromatic carbocycles. The molecule has 16 heavy (non-hydrogen) atoms. The third kappa shape index (κ3) is 2.38. The van der Waals surface area contributed by atoms with Crippen molar-refractivity contribution in [3.8, 4) is 0 Å². The molecule has 0 atom stereocenters. The zero-order chi connectivity index (χ0) is 11.8. The average molecular weight is 248 g/mol. The van der Waals surface area contributed by atoms with E-state index in [0.29, 0.717) is 5.39 Å². The molecule has 3 nitrogen and oxygen atoms in total. The highest BCUT2D eigenvalue weighted by molar-refractivity contribution is 6.33. The number of fused-ring (bicyclic) bond motifs is 1. The van der Waals surface area contributed by atoms with Crippen LogP contribution >= 0.6 is 11.6 Å². The molecule has 2 rings (SSSR count). The van der Waals surface area contributed by atoms with Crippen LogP contribution in [0.4, 0.5) is 13.2 Å². The number of pyridine rings is 1. The van der Waals surface area contributed by atoms with E-state index in [1.807, 2.05) is 0 Å². The quantitative estimate of drug-likeness (QED) is 0.728. The Morgan fingerprint density at radius 1 is 1.19 bits per heavy atom. The first kappa shape index (κ1) is 11.1. The lowest BCUT2D eigenvalue weighted by Crippen LogP contribution is -2.11. The Morgan fingerprint density at radius 3 is 2.62 bits per heavy atom. The molecule has 0 aliphatic heterocycles. The maximum Gasteiger partial charge on any atom is 0.393 e. The first-order valence-electron chi connectivity index (χ1n) is 4.27. The molecule has 84 valence electrons. The van der Waals surface area contributed by atoms with Crippen LogP contribution in [0.3, 0.4) is 0 Å². The normalized spacial score (nSPS) is 12.0. The monoisotopic (exact) mass is 247 g/mol. The molecule has 0 spiro atoms. The van der Waals surface area contributed by atoms with Crippen LogP contribution in [-0.2, 0) is 6.42 Å². The second-order valence-electron chi connectivity index (χ2n) is 3.17. The SMILES string of the molecule is FC(F)(F)Cc1cnc2ncnc(Cl)c2c1. The standard InChI is InChI=1S/C9H5ClF3N3/c10-7-6-1-5(2-9(11,12)13)3-14-8(6)16-4-15-7/h1,3-4H,2H2. The van der Waals surface area contributed by atoms with Crippen molar-refractivity contribution < 1.29 is 13.2 Å². The van der Waals surface area contributed by atoms with Crippen LogP contribution < -0.4 is 0 Å². The van der Waals surface area contributed by atoms with Crippen molar-refractivity contribution in [1.82, 2.24) is 15.0 Å². The first-order chi connectivity index (χ1) is 7.46. The second kappa shape index (κ2) is 3.86. The summed E-state index contributed by atoms with van der Waals surface area (Å²) in [6.45, 7) is 0. The van der Waals surface area contributed by atoms with E-state index in [-0.39, 0.29) is 16.4 Å². The molecule has 0 amide bonds. The third-order valence-electron chi connectivity index (χ3n) is 1.90. The Morgan fingerprint density at radius 2 is 1.94 bits per heavy atom. The number of rotatable bonds is 1. The van der Waals surface area contributed by atoms with Crippen molar-refractivity contribution in [3.05, 3.63) is 29.3 Å². The number of nitrogens with zero attached hydrogens (tertiary/aromatic N) is 3. The summed E-state index contributed by atoms with van der Waals surface area (Å²) in [7, 11) is 0. The van der Waals surface area contributed by atoms with Gasteiger partial charge in [-0.2, -0.15) is 13.2 Å². The number of halogens is 4. The minimum absolute atomic E-state index is 0.0386. The van der Waals surface area contributed by atoms with Gasteiger partial charge in [0.25, 0.3) is 0 Å². The Bertz CT molecular complexity index is 527. The summed E-state index contributed by atoms with van der Waals surface area (Å²) >= 11 is 5.73. The van der Waals surface area contributed by atoms with E-state index < -0.39 is 12.6 Å². The van der Waals surface area contributed by atoms with Crippen LogP contribution in [0.15, 0.2) is 18.6 Å². The highest BCUT2D eigenvalue weighted by Gasteiger charge is 2.27. The van der Waals surface area contributed by atoms with Gasteiger partial charge in [0.15, 0.2) is 5.65 Å². The third-order valence-corrected chi connectivity index (χ3v) is 2.20. The van der Waals surface area contributed by atoms with Gasteiger partial charge in [0.1, 0.15) is 11.5 Å². The van der Waals surface area contributed by atoms with Crippen LogP contribution in [-0.4, -0.2) is 21.1 Å². The maximum atomic E-state index is 12.1. The van der Waals surface area contributed by atoms with Crippen LogP contribution in [0, 0.1) is 0 Å². The summed E-state index contributed by atoms with van der Waals surface area (Å²) in [5.74, 6) is 0. The van der Waals surface area contributed by atoms with Gasteiger partial charge in [-0.05, 0) is 11.6 Å². The number of hydrogen-bond acceptors (Lipinski definition) is 3. The fourth-order valence-electron chi connectivity index (χ4n) is 1.29. The van der Waals surface area contributed by atoms with Crippen LogP contribution in [0.5, 0.6) is 0 Å². The number of hydrogen-bond donors (Lipinski definition) is 0. The molecule has 0 aliphatic carbocycles. The molecule has 0 fully saturated rings. The Balaban J connectivity index is 2.47. The molecular weight excluding hydrogens is 243 g/mol. The second-order valence-corrected chi connectivity index (χ2v) is 3.53. The van der Waals surface area contributed by atoms with Gasteiger partial charge in [0, 0.05) is 6.20 Å². The zero-order valence-corrected chi connectivity index (χ0v) is 8.55. The van der Waals surface area contributed by atoms with E-state index >= 15 is 0 Å². The van der Waals surface area contributed by atoms with Crippen molar-refractivity contribution in [1.29, 1.82) is 0 Å². The molecule has 0 radical (unpaired) electrons. The van der Waals surface area contributed by atoms with E-state index in [0.717, 1.165) is 6.20 Å². The molecule has 2 aromatic rings. The topological polar surface area (TPSA) is 38.7 Å². The van der Waals surface area contributed by atoms with Gasteiger partial charge in [-0.25, -0.2) is 15.0 Å². The summed E-state index contributed by atoms with van der Waals surface area (Å²) in [6.07, 6.45) is -2.96. The van der Waals surface area contributed by atoms with E-state index in [2.05, 4.69) is 15.0 Å². The van der Waals surface area contributed by atoms with E-state index in [4.69, 9.17) is 11.6 Å². The van der Waals surface area contributed by atoms with Crippen molar-refractivity contribution in [2.24, 2.45) is 0 Å². The summed E-state index contributed by atoms with van der Waals surface area (Å²) in [5, 5.41) is 0.424. The average Bonchev–Trinajstić information content (AvgIpc) is 2.17. The summed E-state index contributed by atoms with van der Waals surface area (Å²) in [5.41, 5.74) is 0.322. The molecule has 0 unspecified atom stereocenters. The molecule has 0 aliphatic rings. The minimum atomic E-state index is -4.27. The summed E-state index contributed by atoms with van der Waals surface area (Å²) in [4.78, 5) is 11.3. The Hall–Kier alpha value is -1.43. The summed E-state index contributed by atoms with van der Waals surface area (Å²) in [6, 6.07) is 1.30. The van der Waals surface area contributed by atoms with Crippen molar-refractivity contribution >= 4 is 22.6 Å². The zero-order valence-electron chi connectivity index (χ0n) is 7.79. The summed E-state index contributed by atoms with van der Waals surface area (Å²) < 4.78 is 36.4. The molecule has 7 heteroatoms. The van der Waals surface area contributed by atoms with Gasteiger partial charge in [-0.15, -0.1) is 0 Å². The van der Waals surface area contributed by atoms with Gasteiger partial charge in [-0.3, -0.25) is 0 Å². The lowest BCUT2D eigenvalue weighted by molar-refractivity contribution is -0.127. The molecule has 0 saturated heterocycles. The highest BCUT2D eigenvalue weighted by Crippen LogP contribution is 2.24. The predicted molar refractivity (Wildman–Crippen MR) is 52.1 cm³/mol. The fraction of sp³-hybridized carbons (Fsp3) is 0.222. The predicted octanol–water partition coefficient (Wildman–Crippen LogP) is 2.78. The molecule has 2 heterocycles. The van der Waals surface area contributed by atoms with E-state index in [1.165, 1.54) is 12.4 Å². The highest BCUT2D eigenvalue weighted by atomic mass is 35.5. The molecule has 0 bridgehead atoms. The largest absolute Gasteiger partial charge is 0.393 e. The first-order valence-corrected chi connectivity index (χ1v) is 4.65. The van der Waals surface area contributed by atoms with Crippen LogP contribution in [0.1, 0.15) is 5.56 Å². The Labute approximate surface area is 93.3 Å². The van der Waals surface area contributed by atoms with Gasteiger partial charge in [-0.1, -0.05) is 11.6 Å². The van der Waals surface area contributed by atoms with Crippen LogP contribution in [0.25, 0.3) is 11.0 Å². The lowest BCUT2D eigenvalue weighted by Gasteiger charge is -2.06. The maximum absolute atomic E-state index is 12.1. The van der Waals surface area contributed by atoms with Crippen molar-refractivity contribution in [2.75, 3.05) is 0 Å².